The molecule has 4 heteroatoms. The Kier molecular flexibility index (Phi) is 5.37. The highest BCUT2D eigenvalue weighted by Crippen LogP contribution is 2.24. The van der Waals surface area contributed by atoms with Crippen LogP contribution in [0.2, 0.25) is 0 Å². The molecule has 0 spiro atoms. The number of aliphatic hydroxyl groups excluding tert-OH is 1. The van der Waals surface area contributed by atoms with Crippen molar-refractivity contribution in [1.29, 1.82) is 0 Å². The van der Waals surface area contributed by atoms with Crippen LogP contribution in [0.1, 0.15) is 60.7 Å². The Morgan fingerprint density at radius 1 is 1.43 bits per heavy atom. The summed E-state index contributed by atoms with van der Waals surface area (Å²) in [5.74, 6) is -0.0208. The molecule has 1 aliphatic rings. The van der Waals surface area contributed by atoms with Crippen molar-refractivity contribution in [2.45, 2.75) is 51.7 Å². The lowest BCUT2D eigenvalue weighted by molar-refractivity contribution is 0.0990. The lowest BCUT2D eigenvalue weighted by Crippen LogP contribution is -2.38. The molecule has 0 aliphatic heterocycles. The topological polar surface area (TPSA) is 75.3 Å². The van der Waals surface area contributed by atoms with Gasteiger partial charge in [-0.3, -0.25) is 4.79 Å². The van der Waals surface area contributed by atoms with Crippen LogP contribution in [0.25, 0.3) is 0 Å². The van der Waals surface area contributed by atoms with E-state index in [2.05, 4.69) is 19.2 Å². The van der Waals surface area contributed by atoms with Crippen molar-refractivity contribution in [2.24, 2.45) is 11.7 Å². The standard InChI is InChI=1S/C17H26N2O2/c1-11(2)9-12-5-3-8-14(16(12)17(18)21)15(20)10-19-13-6-4-7-13/h3,5,8,11,13,15,19-20H,4,6-7,9-10H2,1-2H3,(H2,18,21). The summed E-state index contributed by atoms with van der Waals surface area (Å²) in [6.45, 7) is 4.67. The molecule has 1 amide bonds. The molecule has 1 atom stereocenters. The van der Waals surface area contributed by atoms with E-state index in [1.54, 1.807) is 6.07 Å². The van der Waals surface area contributed by atoms with E-state index in [1.807, 2.05) is 12.1 Å². The van der Waals surface area contributed by atoms with Gasteiger partial charge in [0.2, 0.25) is 5.91 Å². The predicted octanol–water partition coefficient (Wildman–Crippen LogP) is 2.16. The van der Waals surface area contributed by atoms with E-state index in [4.69, 9.17) is 5.73 Å². The van der Waals surface area contributed by atoms with E-state index in [0.717, 1.165) is 12.0 Å². The van der Waals surface area contributed by atoms with Crippen molar-refractivity contribution in [2.75, 3.05) is 6.54 Å². The summed E-state index contributed by atoms with van der Waals surface area (Å²) >= 11 is 0. The molecule has 1 fully saturated rings. The smallest absolute Gasteiger partial charge is 0.249 e. The SMILES string of the molecule is CC(C)Cc1cccc(C(O)CNC2CCC2)c1C(N)=O. The van der Waals surface area contributed by atoms with E-state index < -0.39 is 12.0 Å². The van der Waals surface area contributed by atoms with Crippen LogP contribution < -0.4 is 11.1 Å². The third-order valence-electron chi connectivity index (χ3n) is 4.12. The number of nitrogens with one attached hydrogen (secondary N) is 1. The molecule has 21 heavy (non-hydrogen) atoms. The monoisotopic (exact) mass is 290 g/mol. The summed E-state index contributed by atoms with van der Waals surface area (Å²) in [5.41, 5.74) is 7.62. The van der Waals surface area contributed by atoms with Crippen molar-refractivity contribution in [3.63, 3.8) is 0 Å². The van der Waals surface area contributed by atoms with Crippen LogP contribution in [0, 0.1) is 5.92 Å². The van der Waals surface area contributed by atoms with Crippen molar-refractivity contribution in [3.8, 4) is 0 Å². The van der Waals surface area contributed by atoms with Gasteiger partial charge in [-0.2, -0.15) is 0 Å². The highest BCUT2D eigenvalue weighted by molar-refractivity contribution is 5.96. The molecule has 0 bridgehead atoms. The summed E-state index contributed by atoms with van der Waals surface area (Å²) in [4.78, 5) is 11.8. The van der Waals surface area contributed by atoms with Crippen molar-refractivity contribution in [3.05, 3.63) is 34.9 Å². The molecule has 116 valence electrons. The second-order valence-corrected chi connectivity index (χ2v) is 6.40. The van der Waals surface area contributed by atoms with Gasteiger partial charge in [0.15, 0.2) is 0 Å². The van der Waals surface area contributed by atoms with Crippen LogP contribution in [0.4, 0.5) is 0 Å². The summed E-state index contributed by atoms with van der Waals surface area (Å²) in [7, 11) is 0. The fourth-order valence-corrected chi connectivity index (χ4v) is 2.81. The Bertz CT molecular complexity index is 496. The van der Waals surface area contributed by atoms with E-state index in [1.165, 1.54) is 19.3 Å². The first-order valence-electron chi connectivity index (χ1n) is 7.82. The fraction of sp³-hybridized carbons (Fsp3) is 0.588. The van der Waals surface area contributed by atoms with Crippen molar-refractivity contribution < 1.29 is 9.90 Å². The molecule has 1 aliphatic carbocycles. The zero-order valence-corrected chi connectivity index (χ0v) is 12.9. The number of carbonyl (C=O) groups is 1. The predicted molar refractivity (Wildman–Crippen MR) is 84.1 cm³/mol. The van der Waals surface area contributed by atoms with Gasteiger partial charge in [0, 0.05) is 18.2 Å². The molecule has 0 saturated heterocycles. The number of primary amides is 1. The van der Waals surface area contributed by atoms with Gasteiger partial charge in [-0.1, -0.05) is 38.5 Å². The largest absolute Gasteiger partial charge is 0.387 e. The maximum Gasteiger partial charge on any atom is 0.249 e. The van der Waals surface area contributed by atoms with Gasteiger partial charge in [-0.15, -0.1) is 0 Å². The maximum absolute atomic E-state index is 11.8. The number of benzene rings is 1. The lowest BCUT2D eigenvalue weighted by atomic mass is 9.90. The van der Waals surface area contributed by atoms with Crippen LogP contribution in [0.15, 0.2) is 18.2 Å². The minimum absolute atomic E-state index is 0.434. The van der Waals surface area contributed by atoms with Crippen molar-refractivity contribution in [1.82, 2.24) is 5.32 Å². The second kappa shape index (κ2) is 7.05. The molecular weight excluding hydrogens is 264 g/mol. The molecule has 0 radical (unpaired) electrons. The Morgan fingerprint density at radius 2 is 2.14 bits per heavy atom. The van der Waals surface area contributed by atoms with Crippen LogP contribution in [0.3, 0.4) is 0 Å². The Hall–Kier alpha value is -1.39. The second-order valence-electron chi connectivity index (χ2n) is 6.40. The van der Waals surface area contributed by atoms with Crippen molar-refractivity contribution >= 4 is 5.91 Å². The first-order valence-corrected chi connectivity index (χ1v) is 7.82. The zero-order valence-electron chi connectivity index (χ0n) is 12.9. The van der Waals surface area contributed by atoms with E-state index >= 15 is 0 Å². The van der Waals surface area contributed by atoms with Crippen LogP contribution in [-0.4, -0.2) is 23.6 Å². The highest BCUT2D eigenvalue weighted by atomic mass is 16.3. The number of carbonyl (C=O) groups excluding carboxylic acids is 1. The molecule has 1 aromatic carbocycles. The first kappa shape index (κ1) is 16.0. The third-order valence-corrected chi connectivity index (χ3v) is 4.12. The number of hydrogen-bond donors (Lipinski definition) is 3. The average Bonchev–Trinajstić information content (AvgIpc) is 2.35. The Labute approximate surface area is 126 Å². The van der Waals surface area contributed by atoms with Crippen LogP contribution >= 0.6 is 0 Å². The quantitative estimate of drug-likeness (QED) is 0.720. The van der Waals surface area contributed by atoms with Gasteiger partial charge in [0.25, 0.3) is 0 Å². The molecule has 1 unspecified atom stereocenters. The number of aliphatic hydroxyl groups is 1. The van der Waals surface area contributed by atoms with E-state index in [9.17, 15) is 9.90 Å². The summed E-state index contributed by atoms with van der Waals surface area (Å²) in [5, 5.41) is 13.7. The molecule has 0 heterocycles. The summed E-state index contributed by atoms with van der Waals surface area (Å²) in [6, 6.07) is 6.13. The molecule has 2 rings (SSSR count). The summed E-state index contributed by atoms with van der Waals surface area (Å²) in [6.07, 6.45) is 3.69. The third kappa shape index (κ3) is 4.05. The Morgan fingerprint density at radius 3 is 2.67 bits per heavy atom. The minimum atomic E-state index is -0.694. The summed E-state index contributed by atoms with van der Waals surface area (Å²) < 4.78 is 0. The zero-order chi connectivity index (χ0) is 15.4. The molecule has 1 aromatic rings. The fourth-order valence-electron chi connectivity index (χ4n) is 2.81. The van der Waals surface area contributed by atoms with Gasteiger partial charge in [-0.25, -0.2) is 0 Å². The minimum Gasteiger partial charge on any atom is -0.387 e. The van der Waals surface area contributed by atoms with Crippen LogP contribution in [0.5, 0.6) is 0 Å². The van der Waals surface area contributed by atoms with Gasteiger partial charge < -0.3 is 16.2 Å². The van der Waals surface area contributed by atoms with E-state index in [-0.39, 0.29) is 0 Å². The number of hydrogen-bond acceptors (Lipinski definition) is 3. The number of amides is 1. The number of rotatable bonds is 7. The van der Waals surface area contributed by atoms with E-state index in [0.29, 0.717) is 29.6 Å². The first-order chi connectivity index (χ1) is 9.99. The normalized spacial score (nSPS) is 16.8. The average molecular weight is 290 g/mol. The molecule has 4 nitrogen and oxygen atoms in total. The number of nitrogens with two attached hydrogens (primary N) is 1. The van der Waals surface area contributed by atoms with Gasteiger partial charge >= 0.3 is 0 Å². The molecular formula is C17H26N2O2. The lowest BCUT2D eigenvalue weighted by Gasteiger charge is -2.28. The maximum atomic E-state index is 11.8. The molecule has 1 saturated carbocycles. The van der Waals surface area contributed by atoms with Gasteiger partial charge in [0.05, 0.1) is 6.10 Å². The molecule has 4 N–H and O–H groups in total. The van der Waals surface area contributed by atoms with Crippen LogP contribution in [-0.2, 0) is 6.42 Å². The van der Waals surface area contributed by atoms with Gasteiger partial charge in [-0.05, 0) is 36.3 Å². The highest BCUT2D eigenvalue weighted by Gasteiger charge is 2.22. The Balaban J connectivity index is 2.17. The molecule has 0 aromatic heterocycles. The van der Waals surface area contributed by atoms with Gasteiger partial charge in [0.1, 0.15) is 0 Å².